The Bertz CT molecular complexity index is 415. The molecule has 0 fully saturated rings. The topological polar surface area (TPSA) is 111 Å². The van der Waals surface area contributed by atoms with Gasteiger partial charge in [-0.25, -0.2) is 4.68 Å². The molecular formula is C5H9BrN4O3S. The SMILES string of the molecule is Nc1nc(Br)n(CCCS(=O)(=O)O)n1. The minimum absolute atomic E-state index is 0.115. The molecule has 0 aliphatic carbocycles. The zero-order valence-corrected chi connectivity index (χ0v) is 9.49. The molecule has 1 rings (SSSR count). The number of anilines is 1. The number of halogens is 1. The molecule has 1 aromatic rings. The quantitative estimate of drug-likeness (QED) is 0.747. The Kier molecular flexibility index (Phi) is 3.45. The summed E-state index contributed by atoms with van der Waals surface area (Å²) in [6.45, 7) is 0.324. The van der Waals surface area contributed by atoms with Gasteiger partial charge in [0.05, 0.1) is 5.75 Å². The van der Waals surface area contributed by atoms with Gasteiger partial charge in [-0.15, -0.1) is 5.10 Å². The van der Waals surface area contributed by atoms with Crippen LogP contribution in [0, 0.1) is 0 Å². The van der Waals surface area contributed by atoms with Crippen LogP contribution in [0.2, 0.25) is 0 Å². The summed E-state index contributed by atoms with van der Waals surface area (Å²) in [5.74, 6) is -0.192. The molecule has 0 saturated heterocycles. The van der Waals surface area contributed by atoms with Gasteiger partial charge >= 0.3 is 0 Å². The van der Waals surface area contributed by atoms with E-state index in [0.717, 1.165) is 0 Å². The van der Waals surface area contributed by atoms with Crippen molar-refractivity contribution >= 4 is 32.0 Å². The molecule has 0 saturated carbocycles. The molecule has 0 amide bonds. The smallest absolute Gasteiger partial charge is 0.264 e. The third-order valence-corrected chi connectivity index (χ3v) is 2.81. The van der Waals surface area contributed by atoms with Crippen LogP contribution in [0.3, 0.4) is 0 Å². The zero-order valence-electron chi connectivity index (χ0n) is 7.09. The van der Waals surface area contributed by atoms with Gasteiger partial charge in [0.1, 0.15) is 0 Å². The van der Waals surface area contributed by atoms with E-state index in [1.807, 2.05) is 0 Å². The van der Waals surface area contributed by atoms with E-state index in [4.69, 9.17) is 10.3 Å². The number of hydrogen-bond donors (Lipinski definition) is 2. The van der Waals surface area contributed by atoms with Gasteiger partial charge in [-0.3, -0.25) is 4.55 Å². The second kappa shape index (κ2) is 4.24. The lowest BCUT2D eigenvalue weighted by Gasteiger charge is -1.99. The lowest BCUT2D eigenvalue weighted by Crippen LogP contribution is -2.09. The highest BCUT2D eigenvalue weighted by molar-refractivity contribution is 9.10. The first-order valence-corrected chi connectivity index (χ1v) is 6.10. The van der Waals surface area contributed by atoms with Gasteiger partial charge in [0, 0.05) is 6.54 Å². The first-order valence-electron chi connectivity index (χ1n) is 3.69. The van der Waals surface area contributed by atoms with Crippen molar-refractivity contribution in [1.29, 1.82) is 0 Å². The molecule has 3 N–H and O–H groups in total. The lowest BCUT2D eigenvalue weighted by atomic mass is 10.5. The summed E-state index contributed by atoms with van der Waals surface area (Å²) < 4.78 is 31.1. The van der Waals surface area contributed by atoms with Crippen LogP contribution in [0.5, 0.6) is 0 Å². The maximum absolute atomic E-state index is 10.4. The van der Waals surface area contributed by atoms with E-state index in [9.17, 15) is 8.42 Å². The number of hydrogen-bond acceptors (Lipinski definition) is 5. The predicted molar refractivity (Wildman–Crippen MR) is 53.2 cm³/mol. The van der Waals surface area contributed by atoms with Crippen LogP contribution in [0.4, 0.5) is 5.95 Å². The van der Waals surface area contributed by atoms with Gasteiger partial charge in [-0.2, -0.15) is 13.4 Å². The van der Waals surface area contributed by atoms with E-state index >= 15 is 0 Å². The summed E-state index contributed by atoms with van der Waals surface area (Å²) in [5.41, 5.74) is 5.30. The van der Waals surface area contributed by atoms with Gasteiger partial charge < -0.3 is 5.73 Å². The van der Waals surface area contributed by atoms with Crippen LogP contribution in [0.25, 0.3) is 0 Å². The van der Waals surface area contributed by atoms with Crippen LogP contribution in [0.1, 0.15) is 6.42 Å². The molecule has 0 radical (unpaired) electrons. The van der Waals surface area contributed by atoms with Crippen molar-refractivity contribution in [2.75, 3.05) is 11.5 Å². The second-order valence-electron chi connectivity index (χ2n) is 2.60. The Hall–Kier alpha value is -0.670. The third kappa shape index (κ3) is 3.60. The molecule has 0 aliphatic heterocycles. The molecule has 14 heavy (non-hydrogen) atoms. The summed E-state index contributed by atoms with van der Waals surface area (Å²) in [5, 5.41) is 3.79. The number of rotatable bonds is 4. The van der Waals surface area contributed by atoms with Crippen LogP contribution >= 0.6 is 15.9 Å². The number of aryl methyl sites for hydroxylation is 1. The van der Waals surface area contributed by atoms with Crippen molar-refractivity contribution < 1.29 is 13.0 Å². The molecule has 0 bridgehead atoms. The van der Waals surface area contributed by atoms with E-state index in [0.29, 0.717) is 11.3 Å². The highest BCUT2D eigenvalue weighted by Gasteiger charge is 2.07. The Morgan fingerprint density at radius 3 is 2.64 bits per heavy atom. The summed E-state index contributed by atoms with van der Waals surface area (Å²) in [6.07, 6.45) is 0.250. The second-order valence-corrected chi connectivity index (χ2v) is 4.88. The molecular weight excluding hydrogens is 276 g/mol. The van der Waals surface area contributed by atoms with Crippen molar-refractivity contribution in [2.45, 2.75) is 13.0 Å². The molecule has 0 aromatic carbocycles. The number of nitrogens with two attached hydrogens (primary N) is 1. The third-order valence-electron chi connectivity index (χ3n) is 1.42. The molecule has 7 nitrogen and oxygen atoms in total. The molecule has 9 heteroatoms. The normalized spacial score (nSPS) is 11.9. The fraction of sp³-hybridized carbons (Fsp3) is 0.600. The first kappa shape index (κ1) is 11.4. The summed E-state index contributed by atoms with van der Waals surface area (Å²) in [4.78, 5) is 3.76. The molecule has 0 atom stereocenters. The van der Waals surface area contributed by atoms with Crippen molar-refractivity contribution in [3.8, 4) is 0 Å². The highest BCUT2D eigenvalue weighted by Crippen LogP contribution is 2.08. The fourth-order valence-corrected chi connectivity index (χ4v) is 1.81. The Balaban J connectivity index is 2.50. The summed E-state index contributed by atoms with van der Waals surface area (Å²) in [7, 11) is -3.91. The monoisotopic (exact) mass is 284 g/mol. The largest absolute Gasteiger partial charge is 0.366 e. The molecule has 1 heterocycles. The van der Waals surface area contributed by atoms with Gasteiger partial charge in [-0.05, 0) is 22.4 Å². The van der Waals surface area contributed by atoms with Crippen LogP contribution in [0.15, 0.2) is 4.73 Å². The molecule has 1 aromatic heterocycles. The Morgan fingerprint density at radius 2 is 2.21 bits per heavy atom. The standard InChI is InChI=1S/C5H9BrN4O3S/c6-4-8-5(7)9-10(4)2-1-3-14(11,12)13/h1-3H2,(H2,7,9)(H,11,12,13). The molecule has 80 valence electrons. The fourth-order valence-electron chi connectivity index (χ4n) is 0.879. The average molecular weight is 285 g/mol. The van der Waals surface area contributed by atoms with Crippen molar-refractivity contribution in [2.24, 2.45) is 0 Å². The van der Waals surface area contributed by atoms with Crippen LogP contribution < -0.4 is 5.73 Å². The molecule has 0 unspecified atom stereocenters. The van der Waals surface area contributed by atoms with Crippen molar-refractivity contribution in [3.05, 3.63) is 4.73 Å². The minimum Gasteiger partial charge on any atom is -0.366 e. The molecule has 0 aliphatic rings. The van der Waals surface area contributed by atoms with E-state index in [-0.39, 0.29) is 18.1 Å². The maximum Gasteiger partial charge on any atom is 0.264 e. The first-order chi connectivity index (χ1) is 6.38. The van der Waals surface area contributed by atoms with E-state index in [1.54, 1.807) is 0 Å². The van der Waals surface area contributed by atoms with Crippen LogP contribution in [-0.2, 0) is 16.7 Å². The van der Waals surface area contributed by atoms with E-state index in [1.165, 1.54) is 4.68 Å². The van der Waals surface area contributed by atoms with Crippen molar-refractivity contribution in [1.82, 2.24) is 14.8 Å². The number of aromatic nitrogens is 3. The van der Waals surface area contributed by atoms with Crippen molar-refractivity contribution in [3.63, 3.8) is 0 Å². The summed E-state index contributed by atoms with van der Waals surface area (Å²) >= 11 is 3.10. The van der Waals surface area contributed by atoms with Crippen LogP contribution in [-0.4, -0.2) is 33.5 Å². The summed E-state index contributed by atoms with van der Waals surface area (Å²) in [6, 6.07) is 0. The zero-order chi connectivity index (χ0) is 10.8. The minimum atomic E-state index is -3.91. The Labute approximate surface area is 89.2 Å². The maximum atomic E-state index is 10.4. The van der Waals surface area contributed by atoms with E-state index < -0.39 is 10.1 Å². The van der Waals surface area contributed by atoms with Gasteiger partial charge in [0.2, 0.25) is 5.95 Å². The van der Waals surface area contributed by atoms with Gasteiger partial charge in [-0.1, -0.05) is 0 Å². The molecule has 0 spiro atoms. The van der Waals surface area contributed by atoms with Gasteiger partial charge in [0.25, 0.3) is 10.1 Å². The van der Waals surface area contributed by atoms with E-state index in [2.05, 4.69) is 26.0 Å². The lowest BCUT2D eigenvalue weighted by molar-refractivity contribution is 0.475. The number of nitrogen functional groups attached to an aromatic ring is 1. The Morgan fingerprint density at radius 1 is 1.57 bits per heavy atom. The average Bonchev–Trinajstić information content (AvgIpc) is 2.27. The highest BCUT2D eigenvalue weighted by atomic mass is 79.9. The predicted octanol–water partition coefficient (Wildman–Crippen LogP) is -0.0993. The number of nitrogens with zero attached hydrogens (tertiary/aromatic N) is 3. The van der Waals surface area contributed by atoms with Gasteiger partial charge in [0.15, 0.2) is 4.73 Å².